The van der Waals surface area contributed by atoms with Crippen molar-refractivity contribution < 1.29 is 9.53 Å². The first-order valence-electron chi connectivity index (χ1n) is 7.06. The minimum atomic E-state index is -0.562. The molecule has 0 aromatic heterocycles. The molecule has 21 heavy (non-hydrogen) atoms. The van der Waals surface area contributed by atoms with Gasteiger partial charge in [-0.1, -0.05) is 25.5 Å². The number of unbranched alkanes of at least 4 members (excludes halogenated alkanes) is 1. The van der Waals surface area contributed by atoms with E-state index < -0.39 is 5.91 Å². The van der Waals surface area contributed by atoms with E-state index in [9.17, 15) is 4.79 Å². The molecule has 2 aromatic rings. The molecule has 110 valence electrons. The molecule has 0 fully saturated rings. The highest BCUT2D eigenvalue weighted by atomic mass is 16.5. The van der Waals surface area contributed by atoms with Gasteiger partial charge in [-0.2, -0.15) is 0 Å². The first kappa shape index (κ1) is 14.9. The van der Waals surface area contributed by atoms with Crippen LogP contribution in [0.5, 0.6) is 11.5 Å². The van der Waals surface area contributed by atoms with Crippen molar-refractivity contribution in [2.45, 2.75) is 26.2 Å². The van der Waals surface area contributed by atoms with E-state index in [0.717, 1.165) is 12.2 Å². The first-order valence-corrected chi connectivity index (χ1v) is 7.06. The molecular formula is C17H20N2O2. The number of anilines is 1. The van der Waals surface area contributed by atoms with Gasteiger partial charge in [0, 0.05) is 5.69 Å². The molecule has 0 aliphatic heterocycles. The number of rotatable bonds is 6. The molecule has 1 amide bonds. The number of hydrogen-bond donors (Lipinski definition) is 2. The summed E-state index contributed by atoms with van der Waals surface area (Å²) in [5.41, 5.74) is 12.9. The molecule has 2 aromatic carbocycles. The predicted octanol–water partition coefficient (Wildman–Crippen LogP) is 3.50. The Morgan fingerprint density at radius 3 is 2.38 bits per heavy atom. The Labute approximate surface area is 124 Å². The van der Waals surface area contributed by atoms with Crippen LogP contribution in [-0.4, -0.2) is 5.91 Å². The molecule has 0 atom stereocenters. The fourth-order valence-corrected chi connectivity index (χ4v) is 2.05. The van der Waals surface area contributed by atoms with E-state index in [1.54, 1.807) is 18.2 Å². The molecular weight excluding hydrogens is 264 g/mol. The number of ether oxygens (including phenoxy) is 1. The van der Waals surface area contributed by atoms with Crippen LogP contribution in [0.15, 0.2) is 42.5 Å². The maximum Gasteiger partial charge on any atom is 0.250 e. The second-order valence-corrected chi connectivity index (χ2v) is 4.96. The van der Waals surface area contributed by atoms with Crippen LogP contribution in [0.3, 0.4) is 0 Å². The van der Waals surface area contributed by atoms with Crippen LogP contribution in [-0.2, 0) is 6.42 Å². The Kier molecular flexibility index (Phi) is 4.82. The fraction of sp³-hybridized carbons (Fsp3) is 0.235. The van der Waals surface area contributed by atoms with E-state index in [2.05, 4.69) is 19.1 Å². The second-order valence-electron chi connectivity index (χ2n) is 4.96. The number of primary amides is 1. The molecule has 2 rings (SSSR count). The highest BCUT2D eigenvalue weighted by Crippen LogP contribution is 2.25. The van der Waals surface area contributed by atoms with Crippen molar-refractivity contribution in [1.82, 2.24) is 0 Å². The van der Waals surface area contributed by atoms with E-state index in [0.29, 0.717) is 11.4 Å². The zero-order chi connectivity index (χ0) is 15.2. The lowest BCUT2D eigenvalue weighted by Crippen LogP contribution is -2.13. The van der Waals surface area contributed by atoms with Crippen molar-refractivity contribution in [3.8, 4) is 11.5 Å². The van der Waals surface area contributed by atoms with E-state index in [4.69, 9.17) is 16.2 Å². The SMILES string of the molecule is CCCCc1ccc(Oc2ccc(N)c(C(N)=O)c2)cc1. The molecule has 0 spiro atoms. The number of carbonyl (C=O) groups excluding carboxylic acids is 1. The van der Waals surface area contributed by atoms with Crippen LogP contribution in [0.4, 0.5) is 5.69 Å². The third-order valence-corrected chi connectivity index (χ3v) is 3.27. The molecule has 0 aliphatic carbocycles. The average Bonchev–Trinajstić information content (AvgIpc) is 2.48. The highest BCUT2D eigenvalue weighted by Gasteiger charge is 2.08. The van der Waals surface area contributed by atoms with Gasteiger partial charge in [-0.25, -0.2) is 0 Å². The third-order valence-electron chi connectivity index (χ3n) is 3.27. The average molecular weight is 284 g/mol. The Bertz CT molecular complexity index is 621. The predicted molar refractivity (Wildman–Crippen MR) is 84.5 cm³/mol. The minimum absolute atomic E-state index is 0.270. The van der Waals surface area contributed by atoms with Crippen LogP contribution >= 0.6 is 0 Å². The number of nitrogen functional groups attached to an aromatic ring is 1. The number of nitrogens with two attached hydrogens (primary N) is 2. The Morgan fingerprint density at radius 2 is 1.76 bits per heavy atom. The maximum atomic E-state index is 11.3. The summed E-state index contributed by atoms with van der Waals surface area (Å²) in [5, 5.41) is 0. The molecule has 0 heterocycles. The van der Waals surface area contributed by atoms with Crippen molar-refractivity contribution in [3.63, 3.8) is 0 Å². The maximum absolute atomic E-state index is 11.3. The van der Waals surface area contributed by atoms with Gasteiger partial charge in [0.05, 0.1) is 5.56 Å². The van der Waals surface area contributed by atoms with E-state index in [-0.39, 0.29) is 5.56 Å². The molecule has 0 saturated heterocycles. The van der Waals surface area contributed by atoms with Crippen molar-refractivity contribution in [3.05, 3.63) is 53.6 Å². The minimum Gasteiger partial charge on any atom is -0.457 e. The largest absolute Gasteiger partial charge is 0.457 e. The summed E-state index contributed by atoms with van der Waals surface area (Å²) in [4.78, 5) is 11.3. The van der Waals surface area contributed by atoms with Gasteiger partial charge >= 0.3 is 0 Å². The van der Waals surface area contributed by atoms with Gasteiger partial charge in [0.2, 0.25) is 0 Å². The second kappa shape index (κ2) is 6.79. The van der Waals surface area contributed by atoms with Crippen LogP contribution in [0, 0.1) is 0 Å². The van der Waals surface area contributed by atoms with Crippen LogP contribution < -0.4 is 16.2 Å². The van der Waals surface area contributed by atoms with Crippen molar-refractivity contribution >= 4 is 11.6 Å². The number of amides is 1. The summed E-state index contributed by atoms with van der Waals surface area (Å²) in [7, 11) is 0. The van der Waals surface area contributed by atoms with Crippen molar-refractivity contribution in [2.24, 2.45) is 5.73 Å². The standard InChI is InChI=1S/C17H20N2O2/c1-2-3-4-12-5-7-13(8-6-12)21-14-9-10-16(18)15(11-14)17(19)20/h5-11H,2-4,18H2,1H3,(H2,19,20). The van der Waals surface area contributed by atoms with E-state index in [1.165, 1.54) is 18.4 Å². The Morgan fingerprint density at radius 1 is 1.10 bits per heavy atom. The third kappa shape index (κ3) is 3.99. The van der Waals surface area contributed by atoms with Gasteiger partial charge in [0.25, 0.3) is 5.91 Å². The molecule has 0 saturated carbocycles. The van der Waals surface area contributed by atoms with Crippen molar-refractivity contribution in [2.75, 3.05) is 5.73 Å². The van der Waals surface area contributed by atoms with Gasteiger partial charge in [-0.05, 0) is 48.7 Å². The van der Waals surface area contributed by atoms with Gasteiger partial charge in [0.15, 0.2) is 0 Å². The molecule has 0 aliphatic rings. The quantitative estimate of drug-likeness (QED) is 0.797. The van der Waals surface area contributed by atoms with Crippen molar-refractivity contribution in [1.29, 1.82) is 0 Å². The van der Waals surface area contributed by atoms with E-state index >= 15 is 0 Å². The summed E-state index contributed by atoms with van der Waals surface area (Å²) < 4.78 is 5.72. The molecule has 4 nitrogen and oxygen atoms in total. The summed E-state index contributed by atoms with van der Waals surface area (Å²) in [6.07, 6.45) is 3.43. The lowest BCUT2D eigenvalue weighted by molar-refractivity contribution is 0.100. The number of aryl methyl sites for hydroxylation is 1. The molecule has 0 unspecified atom stereocenters. The molecule has 0 radical (unpaired) electrons. The Balaban J connectivity index is 2.11. The number of benzene rings is 2. The van der Waals surface area contributed by atoms with Gasteiger partial charge in [0.1, 0.15) is 11.5 Å². The molecule has 0 bridgehead atoms. The normalized spacial score (nSPS) is 10.3. The summed E-state index contributed by atoms with van der Waals surface area (Å²) in [6.45, 7) is 2.18. The van der Waals surface area contributed by atoms with E-state index in [1.807, 2.05) is 12.1 Å². The topological polar surface area (TPSA) is 78.3 Å². The summed E-state index contributed by atoms with van der Waals surface area (Å²) in [6, 6.07) is 12.8. The highest BCUT2D eigenvalue weighted by molar-refractivity contribution is 5.98. The number of carbonyl (C=O) groups is 1. The van der Waals surface area contributed by atoms with Gasteiger partial charge in [-0.3, -0.25) is 4.79 Å². The molecule has 4 heteroatoms. The van der Waals surface area contributed by atoms with Gasteiger partial charge < -0.3 is 16.2 Å². The lowest BCUT2D eigenvalue weighted by atomic mass is 10.1. The Hall–Kier alpha value is -2.49. The first-order chi connectivity index (χ1) is 10.1. The van der Waals surface area contributed by atoms with Crippen LogP contribution in [0.2, 0.25) is 0 Å². The fourth-order valence-electron chi connectivity index (χ4n) is 2.05. The lowest BCUT2D eigenvalue weighted by Gasteiger charge is -2.09. The van der Waals surface area contributed by atoms with Crippen LogP contribution in [0.1, 0.15) is 35.7 Å². The zero-order valence-corrected chi connectivity index (χ0v) is 12.1. The van der Waals surface area contributed by atoms with Crippen LogP contribution in [0.25, 0.3) is 0 Å². The monoisotopic (exact) mass is 284 g/mol. The molecule has 4 N–H and O–H groups in total. The zero-order valence-electron chi connectivity index (χ0n) is 12.1. The van der Waals surface area contributed by atoms with Gasteiger partial charge in [-0.15, -0.1) is 0 Å². The summed E-state index contributed by atoms with van der Waals surface area (Å²) in [5.74, 6) is 0.697. The summed E-state index contributed by atoms with van der Waals surface area (Å²) >= 11 is 0. The number of hydrogen-bond acceptors (Lipinski definition) is 3. The smallest absolute Gasteiger partial charge is 0.250 e.